The van der Waals surface area contributed by atoms with E-state index in [2.05, 4.69) is 11.5 Å². The lowest BCUT2D eigenvalue weighted by atomic mass is 10.5. The lowest BCUT2D eigenvalue weighted by molar-refractivity contribution is 0.229. The van der Waals surface area contributed by atoms with Gasteiger partial charge in [0, 0.05) is 6.54 Å². The van der Waals surface area contributed by atoms with Crippen LogP contribution in [0.2, 0.25) is 0 Å². The number of hydrogen-bond donors (Lipinski definition) is 2. The molecule has 0 bridgehead atoms. The third-order valence-electron chi connectivity index (χ3n) is 1.19. The second kappa shape index (κ2) is 7.93. The Labute approximate surface area is 85.8 Å². The minimum absolute atomic E-state index is 0.0127. The predicted octanol–water partition coefficient (Wildman–Crippen LogP) is 0.337. The van der Waals surface area contributed by atoms with Crippen LogP contribution in [0.15, 0.2) is 12.7 Å². The van der Waals surface area contributed by atoms with Crippen LogP contribution in [-0.2, 0) is 10.1 Å². The molecule has 0 fully saturated rings. The molecule has 0 aliphatic heterocycles. The van der Waals surface area contributed by atoms with Gasteiger partial charge in [-0.3, -0.25) is 4.55 Å². The maximum Gasteiger partial charge on any atom is 0.291 e. The first-order valence-electron chi connectivity index (χ1n) is 4.15. The van der Waals surface area contributed by atoms with Crippen molar-refractivity contribution in [2.75, 3.05) is 20.6 Å². The van der Waals surface area contributed by atoms with Crippen molar-refractivity contribution in [3.8, 4) is 0 Å². The van der Waals surface area contributed by atoms with E-state index < -0.39 is 15.6 Å². The van der Waals surface area contributed by atoms with Gasteiger partial charge in [-0.2, -0.15) is 8.42 Å². The first-order valence-corrected chi connectivity index (χ1v) is 5.66. The highest BCUT2D eigenvalue weighted by Gasteiger charge is 2.15. The maximum absolute atomic E-state index is 9.87. The Morgan fingerprint density at radius 3 is 1.93 bits per heavy atom. The predicted molar refractivity (Wildman–Crippen MR) is 56.6 cm³/mol. The highest BCUT2D eigenvalue weighted by molar-refractivity contribution is 7.86. The zero-order chi connectivity index (χ0) is 11.8. The summed E-state index contributed by atoms with van der Waals surface area (Å²) in [5.41, 5.74) is -1.62. The van der Waals surface area contributed by atoms with E-state index in [1.165, 1.54) is 6.92 Å². The monoisotopic (exact) mass is 225 g/mol. The topological polar surface area (TPSA) is 77.8 Å². The van der Waals surface area contributed by atoms with Crippen LogP contribution < -0.4 is 0 Å². The van der Waals surface area contributed by atoms with Crippen molar-refractivity contribution in [2.45, 2.75) is 18.8 Å². The Kier molecular flexibility index (Phi) is 9.07. The summed E-state index contributed by atoms with van der Waals surface area (Å²) in [6.45, 7) is 5.99. The van der Waals surface area contributed by atoms with E-state index in [1.807, 2.05) is 20.2 Å². The van der Waals surface area contributed by atoms with Crippen molar-refractivity contribution in [3.63, 3.8) is 0 Å². The highest BCUT2D eigenvalue weighted by atomic mass is 32.2. The van der Waals surface area contributed by atoms with Gasteiger partial charge in [0.2, 0.25) is 0 Å². The van der Waals surface area contributed by atoms with E-state index in [1.54, 1.807) is 0 Å². The molecule has 6 heteroatoms. The minimum Gasteiger partial charge on any atom is -0.375 e. The standard InChI is InChI=1S/C5H11N.C3H8O4S/c1-4-5-6(2)3;1-2-3(4)8(5,6)7/h4H,1,5H2,2-3H3;3-4H,2H2,1H3,(H,5,6,7). The molecule has 1 atom stereocenters. The van der Waals surface area contributed by atoms with E-state index in [0.29, 0.717) is 0 Å². The number of rotatable bonds is 4. The summed E-state index contributed by atoms with van der Waals surface area (Å²) in [5, 5.41) is 8.36. The molecule has 0 saturated heterocycles. The molecule has 0 aromatic carbocycles. The summed E-state index contributed by atoms with van der Waals surface area (Å²) >= 11 is 0. The number of hydrogen-bond acceptors (Lipinski definition) is 4. The summed E-state index contributed by atoms with van der Waals surface area (Å²) in [7, 11) is -0.166. The number of aliphatic hydroxyl groups excluding tert-OH is 1. The van der Waals surface area contributed by atoms with Crippen LogP contribution >= 0.6 is 0 Å². The van der Waals surface area contributed by atoms with Crippen LogP contribution in [0.25, 0.3) is 0 Å². The largest absolute Gasteiger partial charge is 0.375 e. The maximum atomic E-state index is 9.87. The van der Waals surface area contributed by atoms with Crippen molar-refractivity contribution >= 4 is 10.1 Å². The first kappa shape index (κ1) is 16.0. The molecule has 0 aliphatic carbocycles. The number of likely N-dealkylation sites (N-methyl/N-ethyl adjacent to an activating group) is 1. The molecular weight excluding hydrogens is 206 g/mol. The van der Waals surface area contributed by atoms with Crippen LogP contribution in [0.1, 0.15) is 13.3 Å². The van der Waals surface area contributed by atoms with Crippen LogP contribution in [0, 0.1) is 0 Å². The zero-order valence-corrected chi connectivity index (χ0v) is 9.66. The van der Waals surface area contributed by atoms with Crippen molar-refractivity contribution in [2.24, 2.45) is 0 Å². The lowest BCUT2D eigenvalue weighted by Gasteiger charge is -2.01. The van der Waals surface area contributed by atoms with E-state index in [-0.39, 0.29) is 6.42 Å². The molecule has 0 amide bonds. The molecule has 5 nitrogen and oxygen atoms in total. The summed E-state index contributed by atoms with van der Waals surface area (Å²) in [4.78, 5) is 2.06. The third-order valence-corrected chi connectivity index (χ3v) is 2.21. The van der Waals surface area contributed by atoms with Gasteiger partial charge in [-0.05, 0) is 20.5 Å². The lowest BCUT2D eigenvalue weighted by Crippen LogP contribution is -2.17. The quantitative estimate of drug-likeness (QED) is 0.533. The first-order chi connectivity index (χ1) is 6.25. The van der Waals surface area contributed by atoms with Crippen molar-refractivity contribution in [1.29, 1.82) is 0 Å². The Morgan fingerprint density at radius 1 is 1.50 bits per heavy atom. The van der Waals surface area contributed by atoms with Gasteiger partial charge in [-0.25, -0.2) is 0 Å². The Hall–Kier alpha value is -0.430. The third kappa shape index (κ3) is 11.6. The van der Waals surface area contributed by atoms with E-state index >= 15 is 0 Å². The van der Waals surface area contributed by atoms with Gasteiger partial charge in [0.15, 0.2) is 5.44 Å². The van der Waals surface area contributed by atoms with Gasteiger partial charge >= 0.3 is 0 Å². The van der Waals surface area contributed by atoms with Crippen molar-refractivity contribution in [1.82, 2.24) is 4.90 Å². The fourth-order valence-corrected chi connectivity index (χ4v) is 0.890. The molecule has 14 heavy (non-hydrogen) atoms. The van der Waals surface area contributed by atoms with Gasteiger partial charge in [0.25, 0.3) is 10.1 Å². The van der Waals surface area contributed by atoms with Gasteiger partial charge in [-0.1, -0.05) is 13.0 Å². The molecule has 0 saturated carbocycles. The van der Waals surface area contributed by atoms with Gasteiger partial charge in [-0.15, -0.1) is 6.58 Å². The normalized spacial score (nSPS) is 13.0. The molecule has 0 spiro atoms. The summed E-state index contributed by atoms with van der Waals surface area (Å²) < 4.78 is 27.7. The van der Waals surface area contributed by atoms with Crippen LogP contribution in [0.4, 0.5) is 0 Å². The van der Waals surface area contributed by atoms with Crippen molar-refractivity contribution in [3.05, 3.63) is 12.7 Å². The Morgan fingerprint density at radius 2 is 1.93 bits per heavy atom. The summed E-state index contributed by atoms with van der Waals surface area (Å²) in [6, 6.07) is 0. The Bertz CT molecular complexity index is 236. The second-order valence-corrected chi connectivity index (χ2v) is 4.50. The summed E-state index contributed by atoms with van der Waals surface area (Å²) in [5.74, 6) is 0. The van der Waals surface area contributed by atoms with E-state index in [0.717, 1.165) is 6.54 Å². The van der Waals surface area contributed by atoms with Crippen LogP contribution in [-0.4, -0.2) is 49.1 Å². The molecule has 0 aliphatic rings. The fraction of sp³-hybridized carbons (Fsp3) is 0.750. The average molecular weight is 225 g/mol. The fourth-order valence-electron chi connectivity index (χ4n) is 0.469. The van der Waals surface area contributed by atoms with Crippen molar-refractivity contribution < 1.29 is 18.1 Å². The smallest absolute Gasteiger partial charge is 0.291 e. The Balaban J connectivity index is 0. The number of aliphatic hydroxyl groups is 1. The molecule has 0 heterocycles. The highest BCUT2D eigenvalue weighted by Crippen LogP contribution is 1.96. The average Bonchev–Trinajstić information content (AvgIpc) is 2.02. The zero-order valence-electron chi connectivity index (χ0n) is 8.84. The van der Waals surface area contributed by atoms with Gasteiger partial charge in [0.05, 0.1) is 0 Å². The molecule has 86 valence electrons. The molecule has 0 aromatic heterocycles. The molecule has 1 unspecified atom stereocenters. The molecule has 0 rings (SSSR count). The summed E-state index contributed by atoms with van der Waals surface area (Å²) in [6.07, 6.45) is 1.89. The van der Waals surface area contributed by atoms with E-state index in [9.17, 15) is 8.42 Å². The minimum atomic E-state index is -4.20. The molecular formula is C8H19NO4S. The van der Waals surface area contributed by atoms with E-state index in [4.69, 9.17) is 9.66 Å². The van der Waals surface area contributed by atoms with Crippen LogP contribution in [0.5, 0.6) is 0 Å². The van der Waals surface area contributed by atoms with Crippen LogP contribution in [0.3, 0.4) is 0 Å². The van der Waals surface area contributed by atoms with Gasteiger partial charge < -0.3 is 10.0 Å². The van der Waals surface area contributed by atoms with Gasteiger partial charge in [0.1, 0.15) is 0 Å². The second-order valence-electron chi connectivity index (χ2n) is 2.93. The molecule has 0 radical (unpaired) electrons. The molecule has 2 N–H and O–H groups in total. The molecule has 0 aromatic rings. The number of nitrogens with zero attached hydrogens (tertiary/aromatic N) is 1. The SMILES string of the molecule is C=CCN(C)C.CCC(O)S(=O)(=O)O.